The van der Waals surface area contributed by atoms with Gasteiger partial charge in [0.1, 0.15) is 5.84 Å². The maximum Gasteiger partial charge on any atom is 0.320 e. The molecule has 0 radical (unpaired) electrons. The fourth-order valence-electron chi connectivity index (χ4n) is 2.69. The average molecular weight is 321 g/mol. The van der Waals surface area contributed by atoms with E-state index in [1.54, 1.807) is 19.3 Å². The van der Waals surface area contributed by atoms with E-state index < -0.39 is 6.03 Å². The van der Waals surface area contributed by atoms with Crippen molar-refractivity contribution in [3.63, 3.8) is 0 Å². The SMILES string of the molecule is CCN(C(=N)c1ccc2ncn(Cc3ccccc3)c2c1)C(N)=O. The zero-order valence-electron chi connectivity index (χ0n) is 13.4. The number of benzene rings is 2. The normalized spacial score (nSPS) is 10.7. The quantitative estimate of drug-likeness (QED) is 0.571. The molecule has 1 heterocycles. The molecule has 3 N–H and O–H groups in total. The molecule has 0 saturated heterocycles. The number of primary amides is 1. The summed E-state index contributed by atoms with van der Waals surface area (Å²) in [6.07, 6.45) is 1.79. The van der Waals surface area contributed by atoms with Gasteiger partial charge in [-0.05, 0) is 30.7 Å². The lowest BCUT2D eigenvalue weighted by molar-refractivity contribution is 0.231. The van der Waals surface area contributed by atoms with Crippen LogP contribution in [0, 0.1) is 5.41 Å². The smallest absolute Gasteiger partial charge is 0.320 e. The first kappa shape index (κ1) is 15.7. The van der Waals surface area contributed by atoms with Gasteiger partial charge >= 0.3 is 6.03 Å². The van der Waals surface area contributed by atoms with Crippen molar-refractivity contribution in [1.29, 1.82) is 5.41 Å². The van der Waals surface area contributed by atoms with Crippen LogP contribution in [-0.4, -0.2) is 32.9 Å². The summed E-state index contributed by atoms with van der Waals surface area (Å²) in [5.74, 6) is 0.0966. The number of nitrogens with two attached hydrogens (primary N) is 1. The maximum absolute atomic E-state index is 11.5. The molecule has 1 aromatic heterocycles. The molecule has 0 aliphatic rings. The van der Waals surface area contributed by atoms with Crippen LogP contribution in [0.5, 0.6) is 0 Å². The van der Waals surface area contributed by atoms with Crippen LogP contribution in [0.4, 0.5) is 4.79 Å². The molecule has 2 aromatic carbocycles. The molecule has 0 unspecified atom stereocenters. The zero-order chi connectivity index (χ0) is 17.1. The van der Waals surface area contributed by atoms with Crippen molar-refractivity contribution in [2.45, 2.75) is 13.5 Å². The summed E-state index contributed by atoms with van der Waals surface area (Å²) in [5.41, 5.74) is 8.92. The molecule has 0 aliphatic carbocycles. The van der Waals surface area contributed by atoms with Gasteiger partial charge in [0.05, 0.1) is 17.4 Å². The maximum atomic E-state index is 11.5. The number of rotatable bonds is 4. The molecule has 0 bridgehead atoms. The number of aromatic nitrogens is 2. The van der Waals surface area contributed by atoms with Crippen molar-refractivity contribution in [2.24, 2.45) is 5.73 Å². The van der Waals surface area contributed by atoms with Crippen molar-refractivity contribution < 1.29 is 4.79 Å². The highest BCUT2D eigenvalue weighted by Crippen LogP contribution is 2.18. The first-order chi connectivity index (χ1) is 11.6. The Labute approximate surface area is 140 Å². The summed E-state index contributed by atoms with van der Waals surface area (Å²) < 4.78 is 2.03. The van der Waals surface area contributed by atoms with E-state index in [1.807, 2.05) is 34.9 Å². The minimum absolute atomic E-state index is 0.0966. The number of carbonyl (C=O) groups is 1. The van der Waals surface area contributed by atoms with Gasteiger partial charge in [-0.3, -0.25) is 10.3 Å². The van der Waals surface area contributed by atoms with E-state index in [4.69, 9.17) is 11.1 Å². The van der Waals surface area contributed by atoms with Crippen molar-refractivity contribution >= 4 is 22.9 Å². The van der Waals surface area contributed by atoms with Gasteiger partial charge in [-0.25, -0.2) is 9.78 Å². The monoisotopic (exact) mass is 321 g/mol. The largest absolute Gasteiger partial charge is 0.351 e. The Hall–Kier alpha value is -3.15. The third kappa shape index (κ3) is 2.99. The van der Waals surface area contributed by atoms with E-state index in [9.17, 15) is 4.79 Å². The van der Waals surface area contributed by atoms with Gasteiger partial charge in [-0.15, -0.1) is 0 Å². The van der Waals surface area contributed by atoms with E-state index >= 15 is 0 Å². The van der Waals surface area contributed by atoms with Gasteiger partial charge in [-0.2, -0.15) is 0 Å². The Balaban J connectivity index is 1.97. The summed E-state index contributed by atoms with van der Waals surface area (Å²) in [4.78, 5) is 17.1. The standard InChI is InChI=1S/C18H19N5O/c1-2-23(18(20)24)17(19)14-8-9-15-16(10-14)22(12-21-15)11-13-6-4-3-5-7-13/h3-10,12,19H,2,11H2,1H3,(H2,20,24). The first-order valence-electron chi connectivity index (χ1n) is 7.75. The molecule has 3 aromatic rings. The Bertz CT molecular complexity index is 885. The van der Waals surface area contributed by atoms with E-state index in [0.717, 1.165) is 11.0 Å². The summed E-state index contributed by atoms with van der Waals surface area (Å²) in [5, 5.41) is 8.23. The van der Waals surface area contributed by atoms with E-state index in [-0.39, 0.29) is 5.84 Å². The molecule has 0 spiro atoms. The highest BCUT2D eigenvalue weighted by atomic mass is 16.2. The number of fused-ring (bicyclic) bond motifs is 1. The van der Waals surface area contributed by atoms with Gasteiger partial charge in [0.2, 0.25) is 0 Å². The van der Waals surface area contributed by atoms with Crippen molar-refractivity contribution in [2.75, 3.05) is 6.54 Å². The van der Waals surface area contributed by atoms with Crippen LogP contribution in [0.25, 0.3) is 11.0 Å². The summed E-state index contributed by atoms with van der Waals surface area (Å²) >= 11 is 0. The van der Waals surface area contributed by atoms with Crippen LogP contribution in [0.2, 0.25) is 0 Å². The number of nitrogens with zero attached hydrogens (tertiary/aromatic N) is 3. The van der Waals surface area contributed by atoms with Crippen molar-refractivity contribution in [3.05, 3.63) is 66.0 Å². The van der Waals surface area contributed by atoms with Crippen LogP contribution in [0.3, 0.4) is 0 Å². The third-order valence-corrected chi connectivity index (χ3v) is 3.94. The molecule has 6 nitrogen and oxygen atoms in total. The van der Waals surface area contributed by atoms with Gasteiger partial charge in [0.25, 0.3) is 0 Å². The topological polar surface area (TPSA) is 88.0 Å². The Morgan fingerprint density at radius 1 is 1.25 bits per heavy atom. The predicted octanol–water partition coefficient (Wildman–Crippen LogP) is 2.81. The minimum atomic E-state index is -0.625. The fourth-order valence-corrected chi connectivity index (χ4v) is 2.69. The molecule has 122 valence electrons. The highest BCUT2D eigenvalue weighted by Gasteiger charge is 2.16. The van der Waals surface area contributed by atoms with Crippen LogP contribution in [0.1, 0.15) is 18.1 Å². The second-order valence-corrected chi connectivity index (χ2v) is 5.49. The van der Waals surface area contributed by atoms with Crippen LogP contribution in [0.15, 0.2) is 54.9 Å². The lowest BCUT2D eigenvalue weighted by Crippen LogP contribution is -2.40. The van der Waals surface area contributed by atoms with Gasteiger partial charge in [0, 0.05) is 18.7 Å². The molecule has 24 heavy (non-hydrogen) atoms. The average Bonchev–Trinajstić information content (AvgIpc) is 2.98. The number of urea groups is 1. The van der Waals surface area contributed by atoms with Gasteiger partial charge in [0.15, 0.2) is 0 Å². The second-order valence-electron chi connectivity index (χ2n) is 5.49. The summed E-state index contributed by atoms with van der Waals surface area (Å²) in [6.45, 7) is 2.84. The molecule has 6 heteroatoms. The molecular weight excluding hydrogens is 302 g/mol. The molecule has 0 atom stereocenters. The summed E-state index contributed by atoms with van der Waals surface area (Å²) in [6, 6.07) is 15.0. The number of amidine groups is 1. The van der Waals surface area contributed by atoms with E-state index in [0.29, 0.717) is 18.7 Å². The molecular formula is C18H19N5O. The lowest BCUT2D eigenvalue weighted by atomic mass is 10.1. The number of hydrogen-bond acceptors (Lipinski definition) is 3. The number of hydrogen-bond donors (Lipinski definition) is 2. The van der Waals surface area contributed by atoms with Gasteiger partial charge in [-0.1, -0.05) is 30.3 Å². The Morgan fingerprint density at radius 3 is 2.67 bits per heavy atom. The second kappa shape index (κ2) is 6.54. The number of amides is 2. The lowest BCUT2D eigenvalue weighted by Gasteiger charge is -2.19. The number of nitrogens with one attached hydrogen (secondary N) is 1. The van der Waals surface area contributed by atoms with Crippen LogP contribution in [-0.2, 0) is 6.54 Å². The Morgan fingerprint density at radius 2 is 2.00 bits per heavy atom. The number of imidazole rings is 1. The molecule has 0 saturated carbocycles. The zero-order valence-corrected chi connectivity index (χ0v) is 13.4. The fraction of sp³-hybridized carbons (Fsp3) is 0.167. The van der Waals surface area contributed by atoms with Crippen LogP contribution >= 0.6 is 0 Å². The molecule has 0 fully saturated rings. The molecule has 0 aliphatic heterocycles. The first-order valence-corrected chi connectivity index (χ1v) is 7.75. The highest BCUT2D eigenvalue weighted by molar-refractivity contribution is 6.06. The van der Waals surface area contributed by atoms with Crippen molar-refractivity contribution in [3.8, 4) is 0 Å². The predicted molar refractivity (Wildman–Crippen MR) is 94.1 cm³/mol. The van der Waals surface area contributed by atoms with E-state index in [2.05, 4.69) is 17.1 Å². The van der Waals surface area contributed by atoms with E-state index in [1.165, 1.54) is 10.5 Å². The van der Waals surface area contributed by atoms with Crippen molar-refractivity contribution in [1.82, 2.24) is 14.5 Å². The molecule has 2 amide bonds. The minimum Gasteiger partial charge on any atom is -0.351 e. The Kier molecular flexibility index (Phi) is 4.29. The van der Waals surface area contributed by atoms with Crippen LogP contribution < -0.4 is 5.73 Å². The molecule has 3 rings (SSSR count). The summed E-state index contributed by atoms with van der Waals surface area (Å²) in [7, 11) is 0. The third-order valence-electron chi connectivity index (χ3n) is 3.94. The number of carbonyl (C=O) groups excluding carboxylic acids is 1. The van der Waals surface area contributed by atoms with Gasteiger partial charge < -0.3 is 10.3 Å².